The van der Waals surface area contributed by atoms with Crippen molar-refractivity contribution in [3.05, 3.63) is 96.1 Å². The highest BCUT2D eigenvalue weighted by Gasteiger charge is 2.29. The van der Waals surface area contributed by atoms with Gasteiger partial charge in [0.1, 0.15) is 14.5 Å². The zero-order valence-corrected chi connectivity index (χ0v) is 23.0. The Labute approximate surface area is 235 Å². The lowest BCUT2D eigenvalue weighted by Gasteiger charge is -2.35. The van der Waals surface area contributed by atoms with Gasteiger partial charge in [-0.05, 0) is 78.7 Å². The summed E-state index contributed by atoms with van der Waals surface area (Å²) in [4.78, 5) is 0. The molecule has 208 valence electrons. The fourth-order valence-corrected chi connectivity index (χ4v) is 6.46. The number of rotatable bonds is 8. The van der Waals surface area contributed by atoms with Crippen molar-refractivity contribution in [1.82, 2.24) is 0 Å². The van der Waals surface area contributed by atoms with Gasteiger partial charge in [-0.25, -0.2) is 13.2 Å². The van der Waals surface area contributed by atoms with Crippen LogP contribution < -0.4 is 4.74 Å². The third kappa shape index (κ3) is 5.77. The SMILES string of the molecule is BCC1CCC(C2CC=C(c3ccc(-c4ccc(-c5ccc(OCC=C)c(F)c5F)cc4)c(F)c3F)CC2)CC1. The smallest absolute Gasteiger partial charge is 0.201 e. The summed E-state index contributed by atoms with van der Waals surface area (Å²) in [7, 11) is 2.28. The zero-order chi connectivity index (χ0) is 28.2. The van der Waals surface area contributed by atoms with Crippen molar-refractivity contribution in [2.24, 2.45) is 17.8 Å². The number of benzene rings is 3. The van der Waals surface area contributed by atoms with Crippen LogP contribution in [0, 0.1) is 41.0 Å². The van der Waals surface area contributed by atoms with Crippen molar-refractivity contribution in [1.29, 1.82) is 0 Å². The van der Waals surface area contributed by atoms with Crippen LogP contribution in [0.25, 0.3) is 27.8 Å². The molecule has 1 atom stereocenters. The largest absolute Gasteiger partial charge is 0.486 e. The number of allylic oxidation sites excluding steroid dienone is 2. The molecule has 40 heavy (non-hydrogen) atoms. The maximum atomic E-state index is 15.3. The quantitative estimate of drug-likeness (QED) is 0.156. The zero-order valence-electron chi connectivity index (χ0n) is 23.0. The van der Waals surface area contributed by atoms with E-state index in [1.807, 2.05) is 0 Å². The molecule has 0 spiro atoms. The lowest BCUT2D eigenvalue weighted by molar-refractivity contribution is 0.202. The van der Waals surface area contributed by atoms with E-state index in [1.165, 1.54) is 50.2 Å². The van der Waals surface area contributed by atoms with Gasteiger partial charge in [-0.2, -0.15) is 4.39 Å². The highest BCUT2D eigenvalue weighted by molar-refractivity contribution is 6.08. The Morgan fingerprint density at radius 2 is 1.30 bits per heavy atom. The fourth-order valence-electron chi connectivity index (χ4n) is 6.46. The topological polar surface area (TPSA) is 9.23 Å². The fraction of sp³-hybridized carbons (Fsp3) is 0.353. The normalized spacial score (nSPS) is 21.1. The Hall–Kier alpha value is -3.28. The Morgan fingerprint density at radius 3 is 1.88 bits per heavy atom. The lowest BCUT2D eigenvalue weighted by atomic mass is 9.69. The monoisotopic (exact) mass is 546 g/mol. The third-order valence-electron chi connectivity index (χ3n) is 8.93. The molecule has 5 rings (SSSR count). The maximum absolute atomic E-state index is 15.3. The molecule has 2 aliphatic rings. The average molecular weight is 546 g/mol. The van der Waals surface area contributed by atoms with Gasteiger partial charge < -0.3 is 4.74 Å². The molecule has 3 aromatic carbocycles. The third-order valence-corrected chi connectivity index (χ3v) is 8.93. The van der Waals surface area contributed by atoms with E-state index < -0.39 is 23.3 Å². The molecule has 0 saturated heterocycles. The van der Waals surface area contributed by atoms with Gasteiger partial charge in [0.25, 0.3) is 0 Å². The minimum Gasteiger partial charge on any atom is -0.486 e. The van der Waals surface area contributed by atoms with E-state index in [9.17, 15) is 8.78 Å². The second-order valence-corrected chi connectivity index (χ2v) is 11.2. The van der Waals surface area contributed by atoms with E-state index in [0.717, 1.165) is 36.7 Å². The van der Waals surface area contributed by atoms with Crippen LogP contribution in [0.1, 0.15) is 50.5 Å². The van der Waals surface area contributed by atoms with Crippen LogP contribution in [0.4, 0.5) is 17.6 Å². The van der Waals surface area contributed by atoms with Crippen molar-refractivity contribution < 1.29 is 22.3 Å². The molecular weight excluding hydrogens is 511 g/mol. The molecule has 6 heteroatoms. The first kappa shape index (κ1) is 28.3. The molecule has 1 fully saturated rings. The standard InChI is InChI=1S/C34H35BF4O/c1-2-19-40-30-18-17-29(33(38)34(30)39)26-13-11-25(12-14-26)28-16-15-27(31(36)32(28)37)24-9-7-23(8-10-24)22-5-3-21(20-35)4-6-22/h2,9,11-18,21-23H,1,3-8,10,19-20,35H2. The molecule has 0 aliphatic heterocycles. The van der Waals surface area contributed by atoms with Crippen LogP contribution in [0.15, 0.2) is 67.3 Å². The number of halogens is 4. The average Bonchev–Trinajstić information content (AvgIpc) is 3.00. The van der Waals surface area contributed by atoms with Gasteiger partial charge >= 0.3 is 0 Å². The van der Waals surface area contributed by atoms with Gasteiger partial charge in [0.15, 0.2) is 23.2 Å². The summed E-state index contributed by atoms with van der Waals surface area (Å²) in [6, 6.07) is 12.4. The molecule has 0 amide bonds. The van der Waals surface area contributed by atoms with Crippen molar-refractivity contribution in [2.45, 2.75) is 51.3 Å². The van der Waals surface area contributed by atoms with Crippen molar-refractivity contribution in [3.8, 4) is 28.0 Å². The number of hydrogen-bond donors (Lipinski definition) is 0. The molecule has 1 unspecified atom stereocenters. The van der Waals surface area contributed by atoms with Crippen molar-refractivity contribution >= 4 is 13.4 Å². The Bertz CT molecular complexity index is 1390. The Morgan fingerprint density at radius 1 is 0.725 bits per heavy atom. The van der Waals surface area contributed by atoms with E-state index in [2.05, 4.69) is 20.5 Å². The minimum atomic E-state index is -1.08. The number of ether oxygens (including phenoxy) is 1. The molecule has 1 nitrogen and oxygen atoms in total. The Balaban J connectivity index is 1.31. The van der Waals surface area contributed by atoms with Crippen LogP contribution in [-0.2, 0) is 0 Å². The second-order valence-electron chi connectivity index (χ2n) is 11.2. The summed E-state index contributed by atoms with van der Waals surface area (Å²) >= 11 is 0. The number of hydrogen-bond acceptors (Lipinski definition) is 1. The molecule has 0 heterocycles. The molecule has 3 aromatic rings. The molecule has 0 radical (unpaired) electrons. The Kier molecular flexibility index (Phi) is 8.83. The predicted molar refractivity (Wildman–Crippen MR) is 157 cm³/mol. The molecule has 0 N–H and O–H groups in total. The first-order valence-corrected chi connectivity index (χ1v) is 14.4. The van der Waals surface area contributed by atoms with Crippen LogP contribution in [0.5, 0.6) is 5.75 Å². The van der Waals surface area contributed by atoms with E-state index in [-0.39, 0.29) is 23.5 Å². The summed E-state index contributed by atoms with van der Waals surface area (Å²) in [5, 5.41) is 0. The van der Waals surface area contributed by atoms with Gasteiger partial charge in [0.05, 0.1) is 0 Å². The van der Waals surface area contributed by atoms with Crippen LogP contribution in [-0.4, -0.2) is 14.5 Å². The summed E-state index contributed by atoms with van der Waals surface area (Å²) in [6.07, 6.45) is 12.8. The molecule has 2 aliphatic carbocycles. The van der Waals surface area contributed by atoms with Gasteiger partial charge in [-0.1, -0.05) is 74.3 Å². The van der Waals surface area contributed by atoms with E-state index in [1.54, 1.807) is 36.4 Å². The molecule has 0 bridgehead atoms. The van der Waals surface area contributed by atoms with Crippen LogP contribution in [0.3, 0.4) is 0 Å². The van der Waals surface area contributed by atoms with E-state index in [4.69, 9.17) is 4.74 Å². The predicted octanol–water partition coefficient (Wildman–Crippen LogP) is 9.18. The van der Waals surface area contributed by atoms with Crippen LogP contribution in [0.2, 0.25) is 6.32 Å². The van der Waals surface area contributed by atoms with Crippen LogP contribution >= 0.6 is 0 Å². The summed E-state index contributed by atoms with van der Waals surface area (Å²) in [5.74, 6) is -1.78. The van der Waals surface area contributed by atoms with Gasteiger partial charge in [0, 0.05) is 16.7 Å². The van der Waals surface area contributed by atoms with Crippen molar-refractivity contribution in [3.63, 3.8) is 0 Å². The molecular formula is C34H35BF4O. The summed E-state index contributed by atoms with van der Waals surface area (Å²) in [6.45, 7) is 3.55. The summed E-state index contributed by atoms with van der Waals surface area (Å²) in [5.41, 5.74) is 2.28. The van der Waals surface area contributed by atoms with Gasteiger partial charge in [-0.3, -0.25) is 0 Å². The highest BCUT2D eigenvalue weighted by Crippen LogP contribution is 2.43. The molecule has 1 saturated carbocycles. The minimum absolute atomic E-state index is 0.0537. The second kappa shape index (κ2) is 12.5. The van der Waals surface area contributed by atoms with E-state index >= 15 is 8.78 Å². The first-order valence-electron chi connectivity index (χ1n) is 14.4. The van der Waals surface area contributed by atoms with Gasteiger partial charge in [0.2, 0.25) is 5.82 Å². The maximum Gasteiger partial charge on any atom is 0.201 e. The lowest BCUT2D eigenvalue weighted by Crippen LogP contribution is -2.23. The first-order chi connectivity index (χ1) is 19.4. The van der Waals surface area contributed by atoms with Crippen molar-refractivity contribution in [2.75, 3.05) is 6.61 Å². The molecule has 0 aromatic heterocycles. The van der Waals surface area contributed by atoms with E-state index in [0.29, 0.717) is 22.6 Å². The summed E-state index contributed by atoms with van der Waals surface area (Å²) < 4.78 is 64.9. The van der Waals surface area contributed by atoms with Gasteiger partial charge in [-0.15, -0.1) is 0 Å². The highest BCUT2D eigenvalue weighted by atomic mass is 19.2.